The number of hydrogen-bond acceptors (Lipinski definition) is 7. The minimum absolute atomic E-state index is 0.490. The van der Waals surface area contributed by atoms with Gasteiger partial charge in [-0.2, -0.15) is 5.10 Å². The number of fused-ring (bicyclic) bond motifs is 3. The molecule has 8 heteroatoms. The number of hydrogen-bond donors (Lipinski definition) is 1. The van der Waals surface area contributed by atoms with Crippen molar-refractivity contribution in [2.24, 2.45) is 10.9 Å². The zero-order valence-corrected chi connectivity index (χ0v) is 18.9. The molecule has 2 N–H and O–H groups in total. The molecule has 0 aliphatic carbocycles. The van der Waals surface area contributed by atoms with Gasteiger partial charge in [0.1, 0.15) is 17.1 Å². The fraction of sp³-hybridized carbons (Fsp3) is 0.0370. The van der Waals surface area contributed by atoms with E-state index in [-0.39, 0.29) is 0 Å². The van der Waals surface area contributed by atoms with Crippen LogP contribution in [-0.4, -0.2) is 35.7 Å². The van der Waals surface area contributed by atoms with Gasteiger partial charge in [-0.15, -0.1) is 25.5 Å². The summed E-state index contributed by atoms with van der Waals surface area (Å²) in [5.41, 5.74) is 7.40. The molecule has 0 aliphatic rings. The highest BCUT2D eigenvalue weighted by molar-refractivity contribution is 6.12. The van der Waals surface area contributed by atoms with Crippen molar-refractivity contribution < 1.29 is 0 Å². The highest BCUT2D eigenvalue weighted by Gasteiger charge is 2.23. The summed E-state index contributed by atoms with van der Waals surface area (Å²) in [6, 6.07) is 29.7. The smallest absolute Gasteiger partial charge is 0.206 e. The van der Waals surface area contributed by atoms with Gasteiger partial charge in [0.2, 0.25) is 5.65 Å². The minimum Gasteiger partial charge on any atom is -0.323 e. The quantitative estimate of drug-likeness (QED) is 0.239. The molecule has 0 radical (unpaired) electrons. The topological polar surface area (TPSA) is 107 Å². The van der Waals surface area contributed by atoms with Crippen molar-refractivity contribution in [1.82, 2.24) is 30.0 Å². The molecule has 0 atom stereocenters. The predicted octanol–water partition coefficient (Wildman–Crippen LogP) is 4.42. The minimum atomic E-state index is 0.490. The van der Waals surface area contributed by atoms with Gasteiger partial charge in [0.05, 0.1) is 11.1 Å². The highest BCUT2D eigenvalue weighted by atomic mass is 15.3. The van der Waals surface area contributed by atoms with E-state index >= 15 is 0 Å². The highest BCUT2D eigenvalue weighted by Crippen LogP contribution is 2.37. The largest absolute Gasteiger partial charge is 0.323 e. The van der Waals surface area contributed by atoms with Crippen molar-refractivity contribution in [1.29, 1.82) is 0 Å². The van der Waals surface area contributed by atoms with E-state index in [1.165, 1.54) is 0 Å². The number of aryl methyl sites for hydroxylation is 1. The molecule has 0 bridgehead atoms. The third-order valence-corrected chi connectivity index (χ3v) is 5.99. The number of hydrazone groups is 1. The van der Waals surface area contributed by atoms with Crippen LogP contribution >= 0.6 is 0 Å². The first-order valence-electron chi connectivity index (χ1n) is 11.1. The Kier molecular flexibility index (Phi) is 4.96. The Labute approximate surface area is 200 Å². The summed E-state index contributed by atoms with van der Waals surface area (Å²) in [5.74, 6) is 5.78. The summed E-state index contributed by atoms with van der Waals surface area (Å²) < 4.78 is 1.75. The second-order valence-corrected chi connectivity index (χ2v) is 8.07. The Morgan fingerprint density at radius 3 is 2.03 bits per heavy atom. The first-order valence-corrected chi connectivity index (χ1v) is 11.1. The molecule has 0 fully saturated rings. The van der Waals surface area contributed by atoms with Crippen LogP contribution in [0.15, 0.2) is 96.1 Å². The van der Waals surface area contributed by atoms with Gasteiger partial charge in [-0.3, -0.25) is 0 Å². The lowest BCUT2D eigenvalue weighted by Crippen LogP contribution is -2.15. The Hall–Kier alpha value is -4.98. The number of benzene rings is 3. The van der Waals surface area contributed by atoms with Gasteiger partial charge in [0.15, 0.2) is 5.65 Å². The Morgan fingerprint density at radius 2 is 1.37 bits per heavy atom. The van der Waals surface area contributed by atoms with Gasteiger partial charge < -0.3 is 5.84 Å². The van der Waals surface area contributed by atoms with Crippen molar-refractivity contribution in [3.05, 3.63) is 108 Å². The van der Waals surface area contributed by atoms with Crippen molar-refractivity contribution in [3.63, 3.8) is 0 Å². The van der Waals surface area contributed by atoms with E-state index in [1.54, 1.807) is 4.52 Å². The first kappa shape index (κ1) is 20.6. The number of nitrogens with zero attached hydrogens (tertiary/aromatic N) is 7. The predicted molar refractivity (Wildman–Crippen MR) is 136 cm³/mol. The van der Waals surface area contributed by atoms with E-state index in [0.29, 0.717) is 22.7 Å². The molecule has 0 unspecified atom stereocenters. The maximum atomic E-state index is 5.78. The SMILES string of the molecule is Cc1c(/C(=N/N)c2ccccc2)nnc2c3c(-c4ccccc4)c(-c4ccccc4)nnc3nn12. The molecule has 3 aromatic carbocycles. The van der Waals surface area contributed by atoms with Gasteiger partial charge in [0.25, 0.3) is 0 Å². The van der Waals surface area contributed by atoms with Crippen LogP contribution in [0, 0.1) is 6.92 Å². The van der Waals surface area contributed by atoms with Crippen molar-refractivity contribution >= 4 is 22.4 Å². The van der Waals surface area contributed by atoms with E-state index in [4.69, 9.17) is 10.9 Å². The van der Waals surface area contributed by atoms with Crippen LogP contribution in [0.25, 0.3) is 39.1 Å². The summed E-state index contributed by atoms with van der Waals surface area (Å²) >= 11 is 0. The molecule has 3 aromatic heterocycles. The second kappa shape index (κ2) is 8.42. The fourth-order valence-corrected chi connectivity index (χ4v) is 4.32. The summed E-state index contributed by atoms with van der Waals surface area (Å²) in [6.07, 6.45) is 0. The average molecular weight is 457 g/mol. The van der Waals surface area contributed by atoms with Gasteiger partial charge in [-0.25, -0.2) is 4.52 Å². The van der Waals surface area contributed by atoms with E-state index < -0.39 is 0 Å². The molecule has 0 amide bonds. The molecule has 8 nitrogen and oxygen atoms in total. The van der Waals surface area contributed by atoms with Crippen molar-refractivity contribution in [2.45, 2.75) is 6.92 Å². The third kappa shape index (κ3) is 3.39. The van der Waals surface area contributed by atoms with Crippen LogP contribution < -0.4 is 5.84 Å². The lowest BCUT2D eigenvalue weighted by molar-refractivity contribution is 0.844. The monoisotopic (exact) mass is 456 g/mol. The van der Waals surface area contributed by atoms with Crippen LogP contribution in [0.4, 0.5) is 0 Å². The van der Waals surface area contributed by atoms with Crippen molar-refractivity contribution in [3.8, 4) is 22.4 Å². The van der Waals surface area contributed by atoms with E-state index in [9.17, 15) is 0 Å². The zero-order chi connectivity index (χ0) is 23.8. The first-order chi connectivity index (χ1) is 17.3. The molecule has 0 spiro atoms. The third-order valence-electron chi connectivity index (χ3n) is 5.99. The number of rotatable bonds is 4. The van der Waals surface area contributed by atoms with Crippen LogP contribution in [0.3, 0.4) is 0 Å². The number of aromatic nitrogens is 6. The Bertz CT molecular complexity index is 1690. The van der Waals surface area contributed by atoms with E-state index in [2.05, 4.69) is 37.6 Å². The maximum absolute atomic E-state index is 5.78. The van der Waals surface area contributed by atoms with E-state index in [1.807, 2.05) is 85.8 Å². The summed E-state index contributed by atoms with van der Waals surface area (Å²) in [6.45, 7) is 1.92. The zero-order valence-electron chi connectivity index (χ0n) is 18.9. The Morgan fingerprint density at radius 1 is 0.743 bits per heavy atom. The molecule has 6 aromatic rings. The molecule has 6 rings (SSSR count). The van der Waals surface area contributed by atoms with Gasteiger partial charge >= 0.3 is 0 Å². The standard InChI is InChI=1S/C27H20N8/c1-17-23(25(29-28)20-15-9-4-10-16-20)30-33-27-22-21(18-11-5-2-6-12-18)24(19-13-7-3-8-14-19)31-32-26(22)34-35(17)27/h2-16H,28H2,1H3/b29-25+. The molecule has 35 heavy (non-hydrogen) atoms. The van der Waals surface area contributed by atoms with Crippen LogP contribution in [-0.2, 0) is 0 Å². The van der Waals surface area contributed by atoms with Gasteiger partial charge in [0, 0.05) is 16.7 Å². The Balaban J connectivity index is 1.66. The van der Waals surface area contributed by atoms with E-state index in [0.717, 1.165) is 39.0 Å². The molecule has 0 saturated heterocycles. The normalized spacial score (nSPS) is 11.9. The molecule has 0 saturated carbocycles. The lowest BCUT2D eigenvalue weighted by atomic mass is 9.97. The lowest BCUT2D eigenvalue weighted by Gasteiger charge is -2.10. The van der Waals surface area contributed by atoms with Crippen LogP contribution in [0.1, 0.15) is 17.0 Å². The van der Waals surface area contributed by atoms with Gasteiger partial charge in [-0.1, -0.05) is 91.0 Å². The van der Waals surface area contributed by atoms with Crippen molar-refractivity contribution in [2.75, 3.05) is 0 Å². The second-order valence-electron chi connectivity index (χ2n) is 8.07. The summed E-state index contributed by atoms with van der Waals surface area (Å²) in [5, 5.41) is 27.7. The van der Waals surface area contributed by atoms with Crippen LogP contribution in [0.2, 0.25) is 0 Å². The molecule has 0 aliphatic heterocycles. The molecule has 168 valence electrons. The average Bonchev–Trinajstić information content (AvgIpc) is 3.31. The summed E-state index contributed by atoms with van der Waals surface area (Å²) in [7, 11) is 0. The molecular formula is C27H20N8. The molecular weight excluding hydrogens is 436 g/mol. The number of nitrogens with two attached hydrogens (primary N) is 1. The molecule has 3 heterocycles. The maximum Gasteiger partial charge on any atom is 0.206 e. The van der Waals surface area contributed by atoms with Crippen LogP contribution in [0.5, 0.6) is 0 Å². The fourth-order valence-electron chi connectivity index (χ4n) is 4.32. The summed E-state index contributed by atoms with van der Waals surface area (Å²) in [4.78, 5) is 0. The van der Waals surface area contributed by atoms with Gasteiger partial charge in [-0.05, 0) is 12.5 Å².